The molecule has 1 N–H and O–H groups in total. The molecule has 0 aliphatic heterocycles. The van der Waals surface area contributed by atoms with Crippen LogP contribution in [0.2, 0.25) is 5.02 Å². The molecule has 0 saturated heterocycles. The van der Waals surface area contributed by atoms with Crippen LogP contribution in [0.15, 0.2) is 35.3 Å². The molecular formula is C12H10ClFN2O2. The van der Waals surface area contributed by atoms with E-state index in [1.165, 1.54) is 24.4 Å². The van der Waals surface area contributed by atoms with Crippen LogP contribution >= 0.6 is 11.6 Å². The van der Waals surface area contributed by atoms with Gasteiger partial charge in [0.1, 0.15) is 5.82 Å². The summed E-state index contributed by atoms with van der Waals surface area (Å²) in [6, 6.07) is 5.60. The van der Waals surface area contributed by atoms with E-state index in [4.69, 9.17) is 11.6 Å². The Labute approximate surface area is 107 Å². The van der Waals surface area contributed by atoms with E-state index >= 15 is 0 Å². The van der Waals surface area contributed by atoms with E-state index in [-0.39, 0.29) is 18.7 Å². The molecule has 4 nitrogen and oxygen atoms in total. The first kappa shape index (κ1) is 12.6. The number of aromatic nitrogens is 2. The number of hydrogen-bond acceptors (Lipinski definition) is 3. The highest BCUT2D eigenvalue weighted by Crippen LogP contribution is 2.19. The summed E-state index contributed by atoms with van der Waals surface area (Å²) in [5.41, 5.74) is -0.277. The number of nitrogens with zero attached hydrogens (tertiary/aromatic N) is 2. The highest BCUT2D eigenvalue weighted by molar-refractivity contribution is 6.31. The zero-order chi connectivity index (χ0) is 13.1. The maximum atomic E-state index is 13.5. The van der Waals surface area contributed by atoms with E-state index in [0.29, 0.717) is 10.6 Å². The topological polar surface area (TPSA) is 55.1 Å². The Balaban J connectivity index is 2.22. The molecule has 18 heavy (non-hydrogen) atoms. The molecule has 1 aromatic heterocycles. The Morgan fingerprint density at radius 2 is 2.17 bits per heavy atom. The molecule has 0 aliphatic rings. The maximum absolute atomic E-state index is 13.5. The average molecular weight is 269 g/mol. The minimum atomic E-state index is -0.607. The van der Waals surface area contributed by atoms with Crippen molar-refractivity contribution in [3.05, 3.63) is 57.2 Å². The summed E-state index contributed by atoms with van der Waals surface area (Å²) < 4.78 is 14.6. The third kappa shape index (κ3) is 2.51. The largest absolute Gasteiger partial charge is 0.503 e. The summed E-state index contributed by atoms with van der Waals surface area (Å²) in [5, 5.41) is 13.3. The van der Waals surface area contributed by atoms with E-state index in [9.17, 15) is 14.3 Å². The molecule has 2 aromatic rings. The first-order valence-corrected chi connectivity index (χ1v) is 5.65. The lowest BCUT2D eigenvalue weighted by molar-refractivity contribution is 0.443. The second-order valence-electron chi connectivity index (χ2n) is 3.69. The minimum absolute atomic E-state index is 0.147. The highest BCUT2D eigenvalue weighted by atomic mass is 35.5. The lowest BCUT2D eigenvalue weighted by atomic mass is 10.1. The van der Waals surface area contributed by atoms with Crippen molar-refractivity contribution in [2.24, 2.45) is 0 Å². The predicted molar refractivity (Wildman–Crippen MR) is 65.3 cm³/mol. The van der Waals surface area contributed by atoms with Crippen molar-refractivity contribution in [2.45, 2.75) is 13.0 Å². The summed E-state index contributed by atoms with van der Waals surface area (Å²) >= 11 is 5.87. The fourth-order valence-corrected chi connectivity index (χ4v) is 1.85. The van der Waals surface area contributed by atoms with Crippen molar-refractivity contribution in [2.75, 3.05) is 0 Å². The Hall–Kier alpha value is -1.88. The molecule has 0 unspecified atom stereocenters. The van der Waals surface area contributed by atoms with E-state index in [1.54, 1.807) is 6.07 Å². The van der Waals surface area contributed by atoms with Crippen molar-refractivity contribution >= 4 is 11.6 Å². The van der Waals surface area contributed by atoms with Crippen molar-refractivity contribution < 1.29 is 9.50 Å². The van der Waals surface area contributed by atoms with Crippen LogP contribution < -0.4 is 5.56 Å². The number of benzene rings is 1. The summed E-state index contributed by atoms with van der Waals surface area (Å²) in [6.07, 6.45) is 1.53. The molecule has 0 fully saturated rings. The lowest BCUT2D eigenvalue weighted by Gasteiger charge is -2.07. The highest BCUT2D eigenvalue weighted by Gasteiger charge is 2.08. The number of halogens is 2. The molecule has 0 amide bonds. The number of aromatic hydroxyl groups is 1. The van der Waals surface area contributed by atoms with Crippen LogP contribution in [-0.2, 0) is 13.0 Å². The van der Waals surface area contributed by atoms with Gasteiger partial charge in [0.2, 0.25) is 0 Å². The van der Waals surface area contributed by atoms with E-state index in [1.807, 2.05) is 0 Å². The molecule has 0 saturated carbocycles. The van der Waals surface area contributed by atoms with Gasteiger partial charge in [0.25, 0.3) is 0 Å². The van der Waals surface area contributed by atoms with Gasteiger partial charge in [0, 0.05) is 23.2 Å². The third-order valence-corrected chi connectivity index (χ3v) is 2.88. The molecule has 6 heteroatoms. The van der Waals surface area contributed by atoms with Crippen molar-refractivity contribution in [1.82, 2.24) is 9.78 Å². The Kier molecular flexibility index (Phi) is 3.62. The molecule has 0 radical (unpaired) electrons. The number of aryl methyl sites for hydroxylation is 1. The van der Waals surface area contributed by atoms with Crippen LogP contribution in [-0.4, -0.2) is 14.9 Å². The van der Waals surface area contributed by atoms with Crippen molar-refractivity contribution in [3.63, 3.8) is 0 Å². The van der Waals surface area contributed by atoms with Crippen LogP contribution in [0.4, 0.5) is 4.39 Å². The quantitative estimate of drug-likeness (QED) is 0.926. The average Bonchev–Trinajstić information content (AvgIpc) is 2.33. The maximum Gasteiger partial charge on any atom is 0.308 e. The molecular weight excluding hydrogens is 259 g/mol. The van der Waals surface area contributed by atoms with Gasteiger partial charge in [-0.05, 0) is 18.6 Å². The molecule has 94 valence electrons. The van der Waals surface area contributed by atoms with Crippen molar-refractivity contribution in [3.8, 4) is 5.75 Å². The normalized spacial score (nSPS) is 10.6. The number of rotatable bonds is 3. The van der Waals surface area contributed by atoms with Crippen LogP contribution in [0, 0.1) is 5.82 Å². The Bertz CT molecular complexity index is 607. The van der Waals surface area contributed by atoms with Crippen LogP contribution in [0.5, 0.6) is 5.75 Å². The van der Waals surface area contributed by atoms with Crippen LogP contribution in [0.25, 0.3) is 0 Å². The predicted octanol–water partition coefficient (Wildman–Crippen LogP) is 1.98. The molecule has 0 spiro atoms. The monoisotopic (exact) mass is 268 g/mol. The third-order valence-electron chi connectivity index (χ3n) is 2.53. The zero-order valence-corrected chi connectivity index (χ0v) is 10.1. The Morgan fingerprint density at radius 1 is 1.39 bits per heavy atom. The Morgan fingerprint density at radius 3 is 2.89 bits per heavy atom. The smallest absolute Gasteiger partial charge is 0.308 e. The second-order valence-corrected chi connectivity index (χ2v) is 4.10. The van der Waals surface area contributed by atoms with Gasteiger partial charge >= 0.3 is 5.56 Å². The van der Waals surface area contributed by atoms with Gasteiger partial charge in [-0.25, -0.2) is 9.07 Å². The van der Waals surface area contributed by atoms with E-state index in [0.717, 1.165) is 4.68 Å². The molecule has 0 atom stereocenters. The van der Waals surface area contributed by atoms with Gasteiger partial charge in [0.15, 0.2) is 5.75 Å². The number of hydrogen-bond donors (Lipinski definition) is 1. The van der Waals surface area contributed by atoms with E-state index in [2.05, 4.69) is 5.10 Å². The molecule has 0 bridgehead atoms. The van der Waals surface area contributed by atoms with Crippen LogP contribution in [0.3, 0.4) is 0 Å². The van der Waals surface area contributed by atoms with Gasteiger partial charge in [-0.3, -0.25) is 4.79 Å². The second kappa shape index (κ2) is 5.18. The van der Waals surface area contributed by atoms with Gasteiger partial charge in [0.05, 0.1) is 6.20 Å². The van der Waals surface area contributed by atoms with E-state index < -0.39 is 11.4 Å². The molecule has 1 heterocycles. The SMILES string of the molecule is O=c1c(O)ccnn1CCc1c(F)cccc1Cl. The fourth-order valence-electron chi connectivity index (χ4n) is 1.59. The summed E-state index contributed by atoms with van der Waals surface area (Å²) in [4.78, 5) is 11.5. The van der Waals surface area contributed by atoms with Gasteiger partial charge in [-0.15, -0.1) is 0 Å². The van der Waals surface area contributed by atoms with Crippen LogP contribution in [0.1, 0.15) is 5.56 Å². The molecule has 1 aromatic carbocycles. The summed E-state index contributed by atoms with van der Waals surface area (Å²) in [5.74, 6) is -0.805. The first-order chi connectivity index (χ1) is 8.59. The summed E-state index contributed by atoms with van der Waals surface area (Å²) in [7, 11) is 0. The fraction of sp³-hybridized carbons (Fsp3) is 0.167. The standard InChI is InChI=1S/C12H10ClFN2O2/c13-9-2-1-3-10(14)8(9)5-7-16-12(18)11(17)4-6-15-16/h1-4,6,17H,5,7H2. The lowest BCUT2D eigenvalue weighted by Crippen LogP contribution is -2.23. The van der Waals surface area contributed by atoms with Gasteiger partial charge < -0.3 is 5.11 Å². The first-order valence-electron chi connectivity index (χ1n) is 5.27. The molecule has 0 aliphatic carbocycles. The minimum Gasteiger partial charge on any atom is -0.503 e. The van der Waals surface area contributed by atoms with Crippen molar-refractivity contribution in [1.29, 1.82) is 0 Å². The van der Waals surface area contributed by atoms with Gasteiger partial charge in [-0.2, -0.15) is 5.10 Å². The zero-order valence-electron chi connectivity index (χ0n) is 9.31. The molecule has 2 rings (SSSR count). The van der Waals surface area contributed by atoms with Gasteiger partial charge in [-0.1, -0.05) is 17.7 Å². The summed E-state index contributed by atoms with van der Waals surface area (Å²) in [6.45, 7) is 0.147.